The molecule has 0 amide bonds. The van der Waals surface area contributed by atoms with Gasteiger partial charge in [-0.3, -0.25) is 0 Å². The van der Waals surface area contributed by atoms with Gasteiger partial charge in [0, 0.05) is 13.1 Å². The smallest absolute Gasteiger partial charge is 0.214 e. The van der Waals surface area contributed by atoms with Gasteiger partial charge >= 0.3 is 0 Å². The van der Waals surface area contributed by atoms with Crippen LogP contribution in [0.2, 0.25) is 0 Å². The van der Waals surface area contributed by atoms with Crippen molar-refractivity contribution < 1.29 is 13.2 Å². The predicted octanol–water partition coefficient (Wildman–Crippen LogP) is 2.11. The van der Waals surface area contributed by atoms with Crippen molar-refractivity contribution in [2.45, 2.75) is 26.4 Å². The second-order valence-electron chi connectivity index (χ2n) is 4.94. The number of ether oxygens (including phenoxy) is 1. The maximum Gasteiger partial charge on any atom is 0.214 e. The standard InChI is InChI=1S/C14H21NO3S/c1-3-10-19(16,17)15-8-9-18-14(11-15)13-6-4-12(2)5-7-13/h4-7,14H,3,8-11H2,1-2H3. The van der Waals surface area contributed by atoms with Crippen LogP contribution in [0.3, 0.4) is 0 Å². The zero-order chi connectivity index (χ0) is 13.9. The lowest BCUT2D eigenvalue weighted by atomic mass is 10.1. The SMILES string of the molecule is CCCS(=O)(=O)N1CCOC(c2ccc(C)cc2)C1. The van der Waals surface area contributed by atoms with Crippen molar-refractivity contribution in [1.29, 1.82) is 0 Å². The van der Waals surface area contributed by atoms with E-state index in [1.807, 2.05) is 38.1 Å². The van der Waals surface area contributed by atoms with Gasteiger partial charge in [0.25, 0.3) is 0 Å². The Kier molecular flexibility index (Phi) is 4.60. The molecule has 4 nitrogen and oxygen atoms in total. The van der Waals surface area contributed by atoms with Crippen LogP contribution in [-0.2, 0) is 14.8 Å². The fraction of sp³-hybridized carbons (Fsp3) is 0.571. The molecule has 0 radical (unpaired) electrons. The highest BCUT2D eigenvalue weighted by Crippen LogP contribution is 2.24. The summed E-state index contributed by atoms with van der Waals surface area (Å²) in [6, 6.07) is 8.07. The fourth-order valence-corrected chi connectivity index (χ4v) is 3.74. The normalized spacial score (nSPS) is 21.5. The third-order valence-corrected chi connectivity index (χ3v) is 5.38. The molecule has 1 fully saturated rings. The molecule has 1 unspecified atom stereocenters. The molecule has 0 saturated carbocycles. The molecule has 1 aliphatic rings. The van der Waals surface area contributed by atoms with Gasteiger partial charge in [0.1, 0.15) is 0 Å². The van der Waals surface area contributed by atoms with E-state index in [9.17, 15) is 8.42 Å². The van der Waals surface area contributed by atoms with E-state index in [1.165, 1.54) is 5.56 Å². The second kappa shape index (κ2) is 6.03. The molecular formula is C14H21NO3S. The first-order valence-electron chi connectivity index (χ1n) is 6.69. The highest BCUT2D eigenvalue weighted by atomic mass is 32.2. The van der Waals surface area contributed by atoms with E-state index in [0.29, 0.717) is 26.1 Å². The average Bonchev–Trinajstić information content (AvgIpc) is 2.40. The molecule has 2 rings (SSSR count). The molecule has 1 heterocycles. The van der Waals surface area contributed by atoms with Gasteiger partial charge in [0.05, 0.1) is 18.5 Å². The fourth-order valence-electron chi connectivity index (χ4n) is 2.25. The van der Waals surface area contributed by atoms with Crippen LogP contribution in [0.5, 0.6) is 0 Å². The quantitative estimate of drug-likeness (QED) is 0.850. The summed E-state index contributed by atoms with van der Waals surface area (Å²) in [6.07, 6.45) is 0.496. The molecule has 0 aromatic heterocycles. The summed E-state index contributed by atoms with van der Waals surface area (Å²) in [6.45, 7) is 5.26. The van der Waals surface area contributed by atoms with Crippen molar-refractivity contribution in [3.05, 3.63) is 35.4 Å². The van der Waals surface area contributed by atoms with Gasteiger partial charge in [-0.1, -0.05) is 36.8 Å². The first-order chi connectivity index (χ1) is 9.03. The number of morpholine rings is 1. The van der Waals surface area contributed by atoms with Crippen molar-refractivity contribution in [1.82, 2.24) is 4.31 Å². The zero-order valence-corrected chi connectivity index (χ0v) is 12.3. The maximum absolute atomic E-state index is 12.1. The summed E-state index contributed by atoms with van der Waals surface area (Å²) in [7, 11) is -3.13. The van der Waals surface area contributed by atoms with Gasteiger partial charge in [-0.25, -0.2) is 8.42 Å². The van der Waals surface area contributed by atoms with Crippen molar-refractivity contribution in [2.75, 3.05) is 25.4 Å². The number of sulfonamides is 1. The van der Waals surface area contributed by atoms with Gasteiger partial charge in [-0.2, -0.15) is 4.31 Å². The predicted molar refractivity (Wildman–Crippen MR) is 75.5 cm³/mol. The lowest BCUT2D eigenvalue weighted by Crippen LogP contribution is -2.43. The van der Waals surface area contributed by atoms with Crippen LogP contribution in [0, 0.1) is 6.92 Å². The van der Waals surface area contributed by atoms with Crippen molar-refractivity contribution >= 4 is 10.0 Å². The van der Waals surface area contributed by atoms with E-state index in [2.05, 4.69) is 0 Å². The monoisotopic (exact) mass is 283 g/mol. The number of aryl methyl sites for hydroxylation is 1. The third-order valence-electron chi connectivity index (χ3n) is 3.33. The Balaban J connectivity index is 2.11. The Morgan fingerprint density at radius 2 is 2.00 bits per heavy atom. The second-order valence-corrected chi connectivity index (χ2v) is 7.03. The largest absolute Gasteiger partial charge is 0.371 e. The van der Waals surface area contributed by atoms with Crippen molar-refractivity contribution in [3.8, 4) is 0 Å². The van der Waals surface area contributed by atoms with Crippen LogP contribution in [0.4, 0.5) is 0 Å². The summed E-state index contributed by atoms with van der Waals surface area (Å²) < 4.78 is 31.4. The van der Waals surface area contributed by atoms with Gasteiger partial charge in [-0.15, -0.1) is 0 Å². The number of benzene rings is 1. The number of hydrogen-bond donors (Lipinski definition) is 0. The summed E-state index contributed by atoms with van der Waals surface area (Å²) in [4.78, 5) is 0. The number of hydrogen-bond acceptors (Lipinski definition) is 3. The third kappa shape index (κ3) is 3.55. The summed E-state index contributed by atoms with van der Waals surface area (Å²) in [5.41, 5.74) is 2.23. The molecule has 1 atom stereocenters. The molecule has 1 saturated heterocycles. The Morgan fingerprint density at radius 3 is 2.63 bits per heavy atom. The molecule has 0 bridgehead atoms. The first-order valence-corrected chi connectivity index (χ1v) is 8.30. The van der Waals surface area contributed by atoms with Crippen LogP contribution < -0.4 is 0 Å². The summed E-state index contributed by atoms with van der Waals surface area (Å²) in [5, 5.41) is 0. The van der Waals surface area contributed by atoms with Gasteiger partial charge in [0.2, 0.25) is 10.0 Å². The highest BCUT2D eigenvalue weighted by Gasteiger charge is 2.29. The van der Waals surface area contributed by atoms with Crippen LogP contribution in [-0.4, -0.2) is 38.2 Å². The maximum atomic E-state index is 12.1. The molecule has 106 valence electrons. The van der Waals surface area contributed by atoms with Gasteiger partial charge < -0.3 is 4.74 Å². The van der Waals surface area contributed by atoms with Crippen molar-refractivity contribution in [2.24, 2.45) is 0 Å². The molecule has 1 aromatic rings. The summed E-state index contributed by atoms with van der Waals surface area (Å²) in [5.74, 6) is 0.216. The van der Waals surface area contributed by atoms with Gasteiger partial charge in [-0.05, 0) is 18.9 Å². The van der Waals surface area contributed by atoms with Crippen molar-refractivity contribution in [3.63, 3.8) is 0 Å². The van der Waals surface area contributed by atoms with E-state index in [1.54, 1.807) is 4.31 Å². The van der Waals surface area contributed by atoms with E-state index >= 15 is 0 Å². The molecule has 5 heteroatoms. The van der Waals surface area contributed by atoms with E-state index in [0.717, 1.165) is 5.56 Å². The lowest BCUT2D eigenvalue weighted by Gasteiger charge is -2.32. The minimum absolute atomic E-state index is 0.152. The van der Waals surface area contributed by atoms with Crippen LogP contribution >= 0.6 is 0 Å². The Labute approximate surface area is 115 Å². The zero-order valence-electron chi connectivity index (χ0n) is 11.5. The summed E-state index contributed by atoms with van der Waals surface area (Å²) >= 11 is 0. The lowest BCUT2D eigenvalue weighted by molar-refractivity contribution is -0.00254. The molecule has 0 spiro atoms. The Bertz CT molecular complexity index is 510. The topological polar surface area (TPSA) is 46.6 Å². The molecule has 1 aromatic carbocycles. The molecule has 19 heavy (non-hydrogen) atoms. The molecule has 1 aliphatic heterocycles. The number of rotatable bonds is 4. The molecule has 0 N–H and O–H groups in total. The average molecular weight is 283 g/mol. The Hall–Kier alpha value is -0.910. The minimum atomic E-state index is -3.13. The minimum Gasteiger partial charge on any atom is -0.371 e. The number of nitrogens with zero attached hydrogens (tertiary/aromatic N) is 1. The van der Waals surface area contributed by atoms with E-state index in [4.69, 9.17) is 4.74 Å². The van der Waals surface area contributed by atoms with Gasteiger partial charge in [0.15, 0.2) is 0 Å². The Morgan fingerprint density at radius 1 is 1.32 bits per heavy atom. The van der Waals surface area contributed by atoms with Crippen LogP contribution in [0.1, 0.15) is 30.6 Å². The highest BCUT2D eigenvalue weighted by molar-refractivity contribution is 7.89. The molecular weight excluding hydrogens is 262 g/mol. The molecule has 0 aliphatic carbocycles. The van der Waals surface area contributed by atoms with Crippen LogP contribution in [0.15, 0.2) is 24.3 Å². The van der Waals surface area contributed by atoms with Crippen LogP contribution in [0.25, 0.3) is 0 Å². The first kappa shape index (κ1) is 14.5. The van der Waals surface area contributed by atoms with E-state index < -0.39 is 10.0 Å². The van der Waals surface area contributed by atoms with E-state index in [-0.39, 0.29) is 11.9 Å².